The zero-order valence-corrected chi connectivity index (χ0v) is 14.9. The van der Waals surface area contributed by atoms with E-state index in [0.717, 1.165) is 29.6 Å². The molecule has 3 rings (SSSR count). The molecule has 1 aliphatic rings. The van der Waals surface area contributed by atoms with Crippen molar-refractivity contribution in [3.8, 4) is 0 Å². The number of sulfonamides is 1. The van der Waals surface area contributed by atoms with Crippen molar-refractivity contribution in [3.63, 3.8) is 0 Å². The Morgan fingerprint density at radius 3 is 2.48 bits per heavy atom. The highest BCUT2D eigenvalue weighted by Gasteiger charge is 2.45. The summed E-state index contributed by atoms with van der Waals surface area (Å²) in [6.45, 7) is -0.109. The maximum absolute atomic E-state index is 13.1. The van der Waals surface area contributed by atoms with E-state index >= 15 is 0 Å². The molecule has 0 fully saturated rings. The van der Waals surface area contributed by atoms with Crippen molar-refractivity contribution < 1.29 is 31.1 Å². The Morgan fingerprint density at radius 1 is 1.22 bits per heavy atom. The molecule has 10 heteroatoms. The summed E-state index contributed by atoms with van der Waals surface area (Å²) in [5.41, 5.74) is -0.450. The minimum absolute atomic E-state index is 0.0655. The molecule has 0 spiro atoms. The minimum atomic E-state index is -4.63. The maximum Gasteiger partial charge on any atom is 0.416 e. The molecule has 27 heavy (non-hydrogen) atoms. The van der Waals surface area contributed by atoms with Crippen molar-refractivity contribution in [1.29, 1.82) is 0 Å². The summed E-state index contributed by atoms with van der Waals surface area (Å²) in [6, 6.07) is 4.54. The third-order valence-corrected chi connectivity index (χ3v) is 6.23. The van der Waals surface area contributed by atoms with E-state index in [2.05, 4.69) is 9.72 Å². The van der Waals surface area contributed by atoms with Crippen LogP contribution in [0.1, 0.15) is 29.2 Å². The number of nitrogens with zero attached hydrogens (tertiary/aromatic N) is 2. The molecule has 0 N–H and O–H groups in total. The fourth-order valence-corrected chi connectivity index (χ4v) is 4.81. The van der Waals surface area contributed by atoms with Crippen LogP contribution in [0.25, 0.3) is 0 Å². The van der Waals surface area contributed by atoms with Crippen LogP contribution >= 0.6 is 0 Å². The summed E-state index contributed by atoms with van der Waals surface area (Å²) in [7, 11) is -2.94. The highest BCUT2D eigenvalue weighted by molar-refractivity contribution is 7.89. The van der Waals surface area contributed by atoms with Crippen LogP contribution in [0.4, 0.5) is 13.2 Å². The van der Waals surface area contributed by atoms with Crippen LogP contribution in [0.15, 0.2) is 47.6 Å². The Bertz CT molecular complexity index is 962. The van der Waals surface area contributed by atoms with Crippen LogP contribution in [0.3, 0.4) is 0 Å². The van der Waals surface area contributed by atoms with Crippen LogP contribution in [0.5, 0.6) is 0 Å². The van der Waals surface area contributed by atoms with Gasteiger partial charge in [0.05, 0.1) is 30.0 Å². The number of methoxy groups -OCH3 is 1. The van der Waals surface area contributed by atoms with Gasteiger partial charge in [-0.1, -0.05) is 0 Å². The summed E-state index contributed by atoms with van der Waals surface area (Å²) in [5, 5.41) is 0. The normalized spacial score (nSPS) is 18.9. The number of fused-ring (bicyclic) bond motifs is 1. The number of halogens is 3. The molecule has 1 aromatic carbocycles. The Labute approximate surface area is 153 Å². The number of carbonyl (C=O) groups is 1. The first kappa shape index (κ1) is 19.3. The van der Waals surface area contributed by atoms with E-state index in [4.69, 9.17) is 0 Å². The van der Waals surface area contributed by atoms with Crippen molar-refractivity contribution in [2.75, 3.05) is 7.11 Å². The molecule has 2 aromatic rings. The number of esters is 1. The molecule has 1 aromatic heterocycles. The number of ether oxygens (including phenoxy) is 1. The Morgan fingerprint density at radius 2 is 1.89 bits per heavy atom. The molecule has 0 saturated heterocycles. The number of hydrogen-bond acceptors (Lipinski definition) is 5. The molecule has 144 valence electrons. The van der Waals surface area contributed by atoms with Crippen LogP contribution in [0.2, 0.25) is 0 Å². The fourth-order valence-electron chi connectivity index (χ4n) is 2.99. The van der Waals surface area contributed by atoms with E-state index in [-0.39, 0.29) is 17.0 Å². The van der Waals surface area contributed by atoms with Crippen LogP contribution < -0.4 is 0 Å². The van der Waals surface area contributed by atoms with Crippen LogP contribution in [0, 0.1) is 0 Å². The van der Waals surface area contributed by atoms with E-state index < -0.39 is 40.2 Å². The van der Waals surface area contributed by atoms with E-state index in [1.165, 1.54) is 12.4 Å². The number of benzene rings is 1. The summed E-state index contributed by atoms with van der Waals surface area (Å²) in [5.74, 6) is -0.722. The monoisotopic (exact) mass is 400 g/mol. The molecular weight excluding hydrogens is 385 g/mol. The molecular formula is C17H15F3N2O4S. The zero-order chi connectivity index (χ0) is 19.8. The third-order valence-electron chi connectivity index (χ3n) is 4.31. The molecule has 0 unspecified atom stereocenters. The molecule has 0 aliphatic carbocycles. The van der Waals surface area contributed by atoms with Gasteiger partial charge in [0.1, 0.15) is 0 Å². The average molecular weight is 400 g/mol. The maximum atomic E-state index is 13.1. The number of rotatable bonds is 4. The summed E-state index contributed by atoms with van der Waals surface area (Å²) in [4.78, 5) is 15.4. The second-order valence-corrected chi connectivity index (χ2v) is 7.81. The first-order valence-electron chi connectivity index (χ1n) is 7.83. The molecule has 1 atom stereocenters. The summed E-state index contributed by atoms with van der Waals surface area (Å²) in [6.07, 6.45) is -2.08. The molecule has 0 amide bonds. The van der Waals surface area contributed by atoms with Gasteiger partial charge in [-0.15, -0.1) is 0 Å². The smallest absolute Gasteiger partial charge is 0.416 e. The van der Waals surface area contributed by atoms with Gasteiger partial charge in [0.25, 0.3) is 0 Å². The van der Waals surface area contributed by atoms with Crippen molar-refractivity contribution in [2.24, 2.45) is 0 Å². The highest BCUT2D eigenvalue weighted by atomic mass is 32.2. The Balaban J connectivity index is 2.10. The summed E-state index contributed by atoms with van der Waals surface area (Å²) >= 11 is 0. The standard InChI is InChI=1S/C17H15F3N2O4S/c1-26-16(23)9-14-13-8-12(17(18,19)20)2-3-15(13)27(24,25)22(14)10-11-4-6-21-7-5-11/h2-8,14H,9-10H2,1H3/t14-/m0/s1. The van der Waals surface area contributed by atoms with Crippen molar-refractivity contribution in [1.82, 2.24) is 9.29 Å². The molecule has 6 nitrogen and oxygen atoms in total. The molecule has 2 heterocycles. The van der Waals surface area contributed by atoms with Gasteiger partial charge in [0.15, 0.2) is 0 Å². The van der Waals surface area contributed by atoms with E-state index in [9.17, 15) is 26.4 Å². The van der Waals surface area contributed by atoms with E-state index in [1.807, 2.05) is 0 Å². The lowest BCUT2D eigenvalue weighted by molar-refractivity contribution is -0.141. The first-order chi connectivity index (χ1) is 12.6. The lowest BCUT2D eigenvalue weighted by atomic mass is 10.0. The second-order valence-electron chi connectivity index (χ2n) is 5.95. The predicted molar refractivity (Wildman–Crippen MR) is 87.8 cm³/mol. The zero-order valence-electron chi connectivity index (χ0n) is 14.1. The number of carbonyl (C=O) groups excluding carboxylic acids is 1. The van der Waals surface area contributed by atoms with Crippen molar-refractivity contribution in [2.45, 2.75) is 30.1 Å². The molecule has 0 bridgehead atoms. The lowest BCUT2D eigenvalue weighted by Crippen LogP contribution is -2.29. The van der Waals surface area contributed by atoms with Gasteiger partial charge >= 0.3 is 12.1 Å². The van der Waals surface area contributed by atoms with Crippen LogP contribution in [-0.4, -0.2) is 30.8 Å². The van der Waals surface area contributed by atoms with Gasteiger partial charge in [-0.05, 0) is 41.5 Å². The van der Waals surface area contributed by atoms with Crippen molar-refractivity contribution in [3.05, 3.63) is 59.4 Å². The minimum Gasteiger partial charge on any atom is -0.469 e. The van der Waals surface area contributed by atoms with Gasteiger partial charge in [-0.25, -0.2) is 8.42 Å². The predicted octanol–water partition coefficient (Wildman–Crippen LogP) is 2.91. The van der Waals surface area contributed by atoms with Crippen molar-refractivity contribution >= 4 is 16.0 Å². The van der Waals surface area contributed by atoms with E-state index in [0.29, 0.717) is 5.56 Å². The Kier molecular flexibility index (Phi) is 4.96. The quantitative estimate of drug-likeness (QED) is 0.738. The third kappa shape index (κ3) is 3.67. The summed E-state index contributed by atoms with van der Waals surface area (Å²) < 4.78 is 70.7. The second kappa shape index (κ2) is 6.93. The largest absolute Gasteiger partial charge is 0.469 e. The number of hydrogen-bond donors (Lipinski definition) is 0. The Hall–Kier alpha value is -2.46. The van der Waals surface area contributed by atoms with Crippen LogP contribution in [-0.2, 0) is 32.3 Å². The number of pyridine rings is 1. The SMILES string of the molecule is COC(=O)C[C@H]1c2cc(C(F)(F)F)ccc2S(=O)(=O)N1Cc1ccncc1. The van der Waals surface area contributed by atoms with Gasteiger partial charge in [0, 0.05) is 18.9 Å². The van der Waals surface area contributed by atoms with Gasteiger partial charge in [-0.3, -0.25) is 9.78 Å². The average Bonchev–Trinajstić information content (AvgIpc) is 2.82. The lowest BCUT2D eigenvalue weighted by Gasteiger charge is -2.23. The number of aromatic nitrogens is 1. The fraction of sp³-hybridized carbons (Fsp3) is 0.294. The van der Waals surface area contributed by atoms with E-state index in [1.54, 1.807) is 12.1 Å². The van der Waals surface area contributed by atoms with Gasteiger partial charge in [-0.2, -0.15) is 17.5 Å². The number of alkyl halides is 3. The molecule has 1 aliphatic heterocycles. The van der Waals surface area contributed by atoms with Gasteiger partial charge in [0.2, 0.25) is 10.0 Å². The van der Waals surface area contributed by atoms with Gasteiger partial charge < -0.3 is 4.74 Å². The topological polar surface area (TPSA) is 76.6 Å². The highest BCUT2D eigenvalue weighted by Crippen LogP contribution is 2.44. The first-order valence-corrected chi connectivity index (χ1v) is 9.27. The molecule has 0 radical (unpaired) electrons. The molecule has 0 saturated carbocycles.